The lowest BCUT2D eigenvalue weighted by Gasteiger charge is -2.04. The predicted octanol–water partition coefficient (Wildman–Crippen LogP) is 4.95. The minimum atomic E-state index is -0.741. The average molecular weight is 411 g/mol. The first-order valence-corrected chi connectivity index (χ1v) is 9.37. The van der Waals surface area contributed by atoms with Gasteiger partial charge in [0.05, 0.1) is 16.6 Å². The lowest BCUT2D eigenvalue weighted by Crippen LogP contribution is -2.13. The van der Waals surface area contributed by atoms with E-state index in [0.29, 0.717) is 16.4 Å². The van der Waals surface area contributed by atoms with Gasteiger partial charge in [-0.15, -0.1) is 11.3 Å². The van der Waals surface area contributed by atoms with E-state index in [1.54, 1.807) is 13.0 Å². The van der Waals surface area contributed by atoms with Gasteiger partial charge in [0.25, 0.3) is 5.91 Å². The van der Waals surface area contributed by atoms with Gasteiger partial charge < -0.3 is 10.1 Å². The Labute approximate surface area is 160 Å². The van der Waals surface area contributed by atoms with Gasteiger partial charge in [0.15, 0.2) is 0 Å². The van der Waals surface area contributed by atoms with Gasteiger partial charge >= 0.3 is 11.0 Å². The Morgan fingerprint density at radius 3 is 2.69 bits per heavy atom. The molecule has 1 amide bonds. The van der Waals surface area contributed by atoms with Crippen molar-refractivity contribution in [3.63, 3.8) is 0 Å². The lowest BCUT2D eigenvalue weighted by molar-refractivity contribution is -0.380. The van der Waals surface area contributed by atoms with E-state index in [2.05, 4.69) is 5.32 Å². The van der Waals surface area contributed by atoms with Crippen LogP contribution in [-0.2, 0) is 4.74 Å². The number of carbonyl (C=O) groups is 2. The van der Waals surface area contributed by atoms with Gasteiger partial charge in [-0.3, -0.25) is 14.9 Å². The maximum atomic E-state index is 12.6. The molecule has 0 saturated heterocycles. The molecular formula is C16H11ClN2O5S2. The van der Waals surface area contributed by atoms with E-state index in [9.17, 15) is 19.7 Å². The summed E-state index contributed by atoms with van der Waals surface area (Å²) < 4.78 is 5.73. The number of thiophene rings is 2. The first-order chi connectivity index (χ1) is 12.4. The van der Waals surface area contributed by atoms with Crippen molar-refractivity contribution in [2.24, 2.45) is 0 Å². The Balaban J connectivity index is 1.96. The zero-order chi connectivity index (χ0) is 18.8. The second kappa shape index (κ2) is 7.40. The molecule has 1 N–H and O–H groups in total. The van der Waals surface area contributed by atoms with Crippen LogP contribution in [0.5, 0.6) is 0 Å². The van der Waals surface area contributed by atoms with Crippen molar-refractivity contribution in [3.05, 3.63) is 55.9 Å². The first-order valence-electron chi connectivity index (χ1n) is 7.36. The van der Waals surface area contributed by atoms with Crippen LogP contribution in [0, 0.1) is 10.1 Å². The van der Waals surface area contributed by atoms with Gasteiger partial charge in [0.2, 0.25) is 0 Å². The summed E-state index contributed by atoms with van der Waals surface area (Å²) in [5.74, 6) is -1.28. The van der Waals surface area contributed by atoms with Crippen LogP contribution in [-0.4, -0.2) is 23.4 Å². The molecule has 2 aromatic heterocycles. The van der Waals surface area contributed by atoms with Crippen LogP contribution in [0.4, 0.5) is 10.0 Å². The predicted molar refractivity (Wildman–Crippen MR) is 102 cm³/mol. The molecule has 0 atom stereocenters. The molecule has 7 nitrogen and oxygen atoms in total. The van der Waals surface area contributed by atoms with Gasteiger partial charge in [0.1, 0.15) is 15.4 Å². The van der Waals surface area contributed by atoms with Crippen molar-refractivity contribution in [2.75, 3.05) is 11.9 Å². The number of benzene rings is 1. The topological polar surface area (TPSA) is 98.5 Å². The number of nitrogens with one attached hydrogen (secondary N) is 1. The van der Waals surface area contributed by atoms with Gasteiger partial charge in [-0.2, -0.15) is 0 Å². The van der Waals surface area contributed by atoms with Crippen molar-refractivity contribution in [2.45, 2.75) is 6.92 Å². The van der Waals surface area contributed by atoms with E-state index in [1.807, 2.05) is 18.2 Å². The smallest absolute Gasteiger partial charge is 0.341 e. The average Bonchev–Trinajstić information content (AvgIpc) is 3.17. The molecule has 0 saturated carbocycles. The summed E-state index contributed by atoms with van der Waals surface area (Å²) in [4.78, 5) is 35.3. The minimum absolute atomic E-state index is 0.0497. The van der Waals surface area contributed by atoms with Crippen LogP contribution < -0.4 is 5.32 Å². The van der Waals surface area contributed by atoms with Crippen molar-refractivity contribution in [3.8, 4) is 0 Å². The minimum Gasteiger partial charge on any atom is -0.462 e. The number of halogens is 1. The fourth-order valence-electron chi connectivity index (χ4n) is 2.24. The van der Waals surface area contributed by atoms with Crippen LogP contribution in [0.1, 0.15) is 27.0 Å². The highest BCUT2D eigenvalue weighted by Gasteiger charge is 2.26. The SMILES string of the molecule is CCOC(=O)c1cc([N+](=O)[O-])sc1NC(=O)c1sc2ccccc2c1Cl. The molecule has 3 rings (SSSR count). The third kappa shape index (κ3) is 3.41. The Kier molecular flexibility index (Phi) is 5.21. The number of nitro groups is 1. The number of hydrogen-bond acceptors (Lipinski definition) is 7. The quantitative estimate of drug-likeness (QED) is 0.364. The van der Waals surface area contributed by atoms with E-state index < -0.39 is 16.8 Å². The van der Waals surface area contributed by atoms with Gasteiger partial charge in [-0.05, 0) is 24.3 Å². The van der Waals surface area contributed by atoms with Gasteiger partial charge in [-0.25, -0.2) is 4.79 Å². The van der Waals surface area contributed by atoms with Crippen LogP contribution in [0.25, 0.3) is 10.1 Å². The van der Waals surface area contributed by atoms with E-state index in [0.717, 1.165) is 16.2 Å². The number of ether oxygens (including phenoxy) is 1. The molecule has 0 fully saturated rings. The number of rotatable bonds is 5. The summed E-state index contributed by atoms with van der Waals surface area (Å²) >= 11 is 8.17. The maximum Gasteiger partial charge on any atom is 0.341 e. The Morgan fingerprint density at radius 2 is 2.04 bits per heavy atom. The summed E-state index contributed by atoms with van der Waals surface area (Å²) in [5.41, 5.74) is -0.0610. The van der Waals surface area contributed by atoms with Crippen molar-refractivity contribution in [1.29, 1.82) is 0 Å². The molecule has 0 aliphatic rings. The Morgan fingerprint density at radius 1 is 1.31 bits per heavy atom. The molecule has 1 aromatic carbocycles. The number of hydrogen-bond donors (Lipinski definition) is 1. The van der Waals surface area contributed by atoms with E-state index in [4.69, 9.17) is 16.3 Å². The first kappa shape index (κ1) is 18.3. The Bertz CT molecular complexity index is 1030. The standard InChI is InChI=1S/C16H11ClN2O5S2/c1-2-24-16(21)9-7-11(19(22)23)26-15(9)18-14(20)13-12(17)8-5-3-4-6-10(8)25-13/h3-7H,2H2,1H3,(H,18,20). The van der Waals surface area contributed by atoms with Crippen LogP contribution in [0.2, 0.25) is 5.02 Å². The molecule has 0 unspecified atom stereocenters. The van der Waals surface area contributed by atoms with Crippen LogP contribution in [0.3, 0.4) is 0 Å². The molecule has 2 heterocycles. The molecule has 0 bridgehead atoms. The molecule has 0 aliphatic carbocycles. The zero-order valence-corrected chi connectivity index (χ0v) is 15.7. The number of fused-ring (bicyclic) bond motifs is 1. The van der Waals surface area contributed by atoms with Gasteiger partial charge in [0, 0.05) is 16.2 Å². The summed E-state index contributed by atoms with van der Waals surface area (Å²) in [5, 5.41) is 14.4. The third-order valence-electron chi connectivity index (χ3n) is 3.36. The van der Waals surface area contributed by atoms with Crippen molar-refractivity contribution in [1.82, 2.24) is 0 Å². The summed E-state index contributed by atoms with van der Waals surface area (Å²) in [6.45, 7) is 1.73. The van der Waals surface area contributed by atoms with Gasteiger partial charge in [-0.1, -0.05) is 29.8 Å². The number of nitrogens with zero attached hydrogens (tertiary/aromatic N) is 1. The molecule has 10 heteroatoms. The second-order valence-corrected chi connectivity index (χ2v) is 7.46. The highest BCUT2D eigenvalue weighted by atomic mass is 35.5. The molecule has 3 aromatic rings. The summed E-state index contributed by atoms with van der Waals surface area (Å²) in [6.07, 6.45) is 0. The van der Waals surface area contributed by atoms with E-state index in [-0.39, 0.29) is 27.0 Å². The molecule has 0 spiro atoms. The Hall–Kier alpha value is -2.49. The number of esters is 1. The largest absolute Gasteiger partial charge is 0.462 e. The fraction of sp³-hybridized carbons (Fsp3) is 0.125. The molecule has 26 heavy (non-hydrogen) atoms. The molecule has 134 valence electrons. The normalized spacial score (nSPS) is 10.7. The lowest BCUT2D eigenvalue weighted by atomic mass is 10.2. The number of anilines is 1. The molecule has 0 aliphatic heterocycles. The highest BCUT2D eigenvalue weighted by molar-refractivity contribution is 7.22. The van der Waals surface area contributed by atoms with E-state index in [1.165, 1.54) is 11.3 Å². The van der Waals surface area contributed by atoms with Crippen molar-refractivity contribution < 1.29 is 19.2 Å². The molecule has 0 radical (unpaired) electrons. The number of amides is 1. The zero-order valence-electron chi connectivity index (χ0n) is 13.3. The van der Waals surface area contributed by atoms with Crippen LogP contribution in [0.15, 0.2) is 30.3 Å². The summed E-state index contributed by atoms with van der Waals surface area (Å²) in [6, 6.07) is 8.36. The maximum absolute atomic E-state index is 12.6. The van der Waals surface area contributed by atoms with Crippen LogP contribution >= 0.6 is 34.3 Å². The molecular weight excluding hydrogens is 400 g/mol. The van der Waals surface area contributed by atoms with E-state index >= 15 is 0 Å². The highest BCUT2D eigenvalue weighted by Crippen LogP contribution is 2.38. The number of carbonyl (C=O) groups excluding carboxylic acids is 2. The monoisotopic (exact) mass is 410 g/mol. The van der Waals surface area contributed by atoms with Crippen molar-refractivity contribution >= 4 is 66.2 Å². The second-order valence-electron chi connectivity index (χ2n) is 5.00. The summed E-state index contributed by atoms with van der Waals surface area (Å²) in [7, 11) is 0. The third-order valence-corrected chi connectivity index (χ3v) is 6.04. The fourth-order valence-corrected chi connectivity index (χ4v) is 4.51.